The number of nitrogens with one attached hydrogen (secondary N) is 1. The molecule has 0 bridgehead atoms. The molecule has 4 heteroatoms. The van der Waals surface area contributed by atoms with Gasteiger partial charge < -0.3 is 5.32 Å². The molecule has 0 spiro atoms. The molecule has 1 aliphatic heterocycles. The first-order valence-corrected chi connectivity index (χ1v) is 5.89. The molecule has 2 aromatic rings. The lowest BCUT2D eigenvalue weighted by Gasteiger charge is -2.14. The first-order valence-electron chi connectivity index (χ1n) is 5.89. The first-order chi connectivity index (χ1) is 8.90. The number of aromatic nitrogens is 2. The Hall–Kier alpha value is -2.49. The molecule has 0 saturated carbocycles. The van der Waals surface area contributed by atoms with Crippen LogP contribution in [0.15, 0.2) is 41.4 Å². The fourth-order valence-corrected chi connectivity index (χ4v) is 2.18. The van der Waals surface area contributed by atoms with Crippen molar-refractivity contribution in [2.24, 2.45) is 4.99 Å². The molecule has 0 fully saturated rings. The van der Waals surface area contributed by atoms with Gasteiger partial charge in [-0.1, -0.05) is 24.3 Å². The topological polar surface area (TPSA) is 50.2 Å². The van der Waals surface area contributed by atoms with E-state index in [0.717, 1.165) is 34.7 Å². The second-order valence-electron chi connectivity index (χ2n) is 4.28. The summed E-state index contributed by atoms with van der Waals surface area (Å²) in [5.74, 6) is 0.735. The van der Waals surface area contributed by atoms with Crippen molar-refractivity contribution in [2.45, 2.75) is 6.42 Å². The minimum absolute atomic E-state index is 0.677. The molecule has 0 unspecified atom stereocenters. The Bertz CT molecular complexity index is 790. The molecule has 2 aliphatic rings. The average Bonchev–Trinajstić information content (AvgIpc) is 2.42. The molecule has 0 amide bonds. The van der Waals surface area contributed by atoms with Crippen LogP contribution in [0.4, 0.5) is 17.2 Å². The molecule has 1 aromatic heterocycles. The highest BCUT2D eigenvalue weighted by atomic mass is 15.1. The third-order valence-corrected chi connectivity index (χ3v) is 3.07. The predicted molar refractivity (Wildman–Crippen MR) is 69.5 cm³/mol. The minimum Gasteiger partial charge on any atom is -0.335 e. The monoisotopic (exact) mass is 234 g/mol. The third kappa shape index (κ3) is 1.35. The first kappa shape index (κ1) is 9.53. The van der Waals surface area contributed by atoms with Crippen molar-refractivity contribution >= 4 is 23.3 Å². The maximum Gasteiger partial charge on any atom is 0.196 e. The van der Waals surface area contributed by atoms with Gasteiger partial charge in [-0.05, 0) is 18.2 Å². The van der Waals surface area contributed by atoms with E-state index in [1.54, 1.807) is 0 Å². The zero-order valence-corrected chi connectivity index (χ0v) is 9.59. The molecular weight excluding hydrogens is 224 g/mol. The Labute approximate surface area is 103 Å². The smallest absolute Gasteiger partial charge is 0.196 e. The van der Waals surface area contributed by atoms with Gasteiger partial charge in [-0.2, -0.15) is 0 Å². The molecule has 0 saturated heterocycles. The third-order valence-electron chi connectivity index (χ3n) is 3.07. The lowest BCUT2D eigenvalue weighted by molar-refractivity contribution is 0.951. The van der Waals surface area contributed by atoms with Gasteiger partial charge in [0.05, 0.1) is 22.4 Å². The number of anilines is 2. The average molecular weight is 234 g/mol. The van der Waals surface area contributed by atoms with Crippen molar-refractivity contribution in [3.63, 3.8) is 0 Å². The number of hydrogen-bond donors (Lipinski definition) is 1. The van der Waals surface area contributed by atoms with Crippen LogP contribution in [0, 0.1) is 0 Å². The van der Waals surface area contributed by atoms with Crippen molar-refractivity contribution in [3.8, 4) is 0 Å². The van der Waals surface area contributed by atoms with Gasteiger partial charge in [-0.25, -0.2) is 15.0 Å². The number of allylic oxidation sites excluding steroid dienone is 2. The highest BCUT2D eigenvalue weighted by Crippen LogP contribution is 2.27. The molecule has 4 nitrogen and oxygen atoms in total. The van der Waals surface area contributed by atoms with Crippen molar-refractivity contribution in [1.82, 2.24) is 9.97 Å². The van der Waals surface area contributed by atoms with E-state index in [1.807, 2.05) is 36.4 Å². The van der Waals surface area contributed by atoms with E-state index in [-0.39, 0.29) is 0 Å². The van der Waals surface area contributed by atoms with E-state index >= 15 is 0 Å². The van der Waals surface area contributed by atoms with E-state index < -0.39 is 0 Å². The SMILES string of the molecule is C1=CCc2nc3c(nc2=C1)Nc1ccccc1N=3. The van der Waals surface area contributed by atoms with Crippen molar-refractivity contribution in [1.29, 1.82) is 0 Å². The number of para-hydroxylation sites is 2. The molecule has 2 heterocycles. The van der Waals surface area contributed by atoms with Gasteiger partial charge in [0.15, 0.2) is 11.3 Å². The summed E-state index contributed by atoms with van der Waals surface area (Å²) in [6.45, 7) is 0. The second-order valence-corrected chi connectivity index (χ2v) is 4.28. The van der Waals surface area contributed by atoms with Crippen LogP contribution in [0.3, 0.4) is 0 Å². The number of hydrogen-bond acceptors (Lipinski definition) is 4. The molecule has 0 radical (unpaired) electrons. The van der Waals surface area contributed by atoms with Crippen LogP contribution in [0.1, 0.15) is 5.69 Å². The standard InChI is InChI=1S/C14H10N4/c1-2-6-10-9(5-1)15-13-14(16-10)18-12-8-4-3-7-11(12)17-13/h1-7H,8H2,(H,15,17). The summed E-state index contributed by atoms with van der Waals surface area (Å²) in [4.78, 5) is 13.7. The Morgan fingerprint density at radius 2 is 2.06 bits per heavy atom. The fraction of sp³-hybridized carbons (Fsp3) is 0.0714. The minimum atomic E-state index is 0.677. The zero-order valence-electron chi connectivity index (χ0n) is 9.59. The Kier molecular flexibility index (Phi) is 1.85. The zero-order chi connectivity index (χ0) is 11.9. The quantitative estimate of drug-likeness (QED) is 0.639. The van der Waals surface area contributed by atoms with Crippen molar-refractivity contribution in [3.05, 3.63) is 52.9 Å². The summed E-state index contributed by atoms with van der Waals surface area (Å²) < 4.78 is 0. The van der Waals surface area contributed by atoms with E-state index in [2.05, 4.69) is 26.4 Å². The summed E-state index contributed by atoms with van der Waals surface area (Å²) in [6.07, 6.45) is 6.89. The summed E-state index contributed by atoms with van der Waals surface area (Å²) in [5, 5.41) is 4.21. The molecule has 4 rings (SSSR count). The van der Waals surface area contributed by atoms with Crippen LogP contribution in [0.5, 0.6) is 0 Å². The lowest BCUT2D eigenvalue weighted by atomic mass is 10.2. The Morgan fingerprint density at radius 1 is 1.11 bits per heavy atom. The molecule has 1 aromatic carbocycles. The molecule has 86 valence electrons. The molecule has 1 N–H and O–H groups in total. The summed E-state index contributed by atoms with van der Waals surface area (Å²) in [6, 6.07) is 7.91. The van der Waals surface area contributed by atoms with E-state index in [0.29, 0.717) is 5.49 Å². The number of rotatable bonds is 0. The van der Waals surface area contributed by atoms with Gasteiger partial charge in [-0.3, -0.25) is 0 Å². The largest absolute Gasteiger partial charge is 0.335 e. The van der Waals surface area contributed by atoms with Crippen LogP contribution in [-0.2, 0) is 6.42 Å². The molecule has 0 atom stereocenters. The normalized spacial score (nSPS) is 14.4. The van der Waals surface area contributed by atoms with Gasteiger partial charge in [0, 0.05) is 6.42 Å². The maximum absolute atomic E-state index is 4.58. The van der Waals surface area contributed by atoms with E-state index in [4.69, 9.17) is 0 Å². The van der Waals surface area contributed by atoms with Gasteiger partial charge in [0.1, 0.15) is 0 Å². The van der Waals surface area contributed by atoms with Crippen LogP contribution < -0.4 is 16.2 Å². The molecule has 18 heavy (non-hydrogen) atoms. The van der Waals surface area contributed by atoms with Gasteiger partial charge in [0.25, 0.3) is 0 Å². The highest BCUT2D eigenvalue weighted by Gasteiger charge is 2.13. The van der Waals surface area contributed by atoms with Gasteiger partial charge >= 0.3 is 0 Å². The van der Waals surface area contributed by atoms with Gasteiger partial charge in [-0.15, -0.1) is 0 Å². The molecular formula is C14H10N4. The maximum atomic E-state index is 4.58. The van der Waals surface area contributed by atoms with Crippen LogP contribution in [-0.4, -0.2) is 9.97 Å². The highest BCUT2D eigenvalue weighted by molar-refractivity contribution is 5.72. The fourth-order valence-electron chi connectivity index (χ4n) is 2.18. The van der Waals surface area contributed by atoms with Crippen LogP contribution >= 0.6 is 0 Å². The summed E-state index contributed by atoms with van der Waals surface area (Å²) >= 11 is 0. The Morgan fingerprint density at radius 3 is 3.06 bits per heavy atom. The Balaban J connectivity index is 2.02. The number of nitrogens with zero attached hydrogens (tertiary/aromatic N) is 3. The van der Waals surface area contributed by atoms with Crippen LogP contribution in [0.25, 0.3) is 6.08 Å². The lowest BCUT2D eigenvalue weighted by Crippen LogP contribution is -2.29. The van der Waals surface area contributed by atoms with Gasteiger partial charge in [0.2, 0.25) is 0 Å². The van der Waals surface area contributed by atoms with Crippen molar-refractivity contribution < 1.29 is 0 Å². The summed E-state index contributed by atoms with van der Waals surface area (Å²) in [7, 11) is 0. The van der Waals surface area contributed by atoms with E-state index in [1.165, 1.54) is 0 Å². The number of benzene rings is 1. The van der Waals surface area contributed by atoms with Crippen molar-refractivity contribution in [2.75, 3.05) is 5.32 Å². The van der Waals surface area contributed by atoms with Crippen LogP contribution in [0.2, 0.25) is 0 Å². The second kappa shape index (κ2) is 3.50. The number of fused-ring (bicyclic) bond motifs is 3. The predicted octanol–water partition coefficient (Wildman–Crippen LogP) is 1.38. The molecule has 1 aliphatic carbocycles. The summed E-state index contributed by atoms with van der Waals surface area (Å²) in [5.41, 5.74) is 3.55. The van der Waals surface area contributed by atoms with E-state index in [9.17, 15) is 0 Å².